The molecule has 0 spiro atoms. The number of ether oxygens (including phenoxy) is 2. The molecule has 0 aromatic carbocycles. The maximum Gasteiger partial charge on any atom is 0.302 e. The van der Waals surface area contributed by atoms with Crippen LogP contribution in [0.2, 0.25) is 0 Å². The van der Waals surface area contributed by atoms with Gasteiger partial charge in [-0.15, -0.1) is 0 Å². The van der Waals surface area contributed by atoms with Crippen molar-refractivity contribution in [3.8, 4) is 0 Å². The molecule has 4 heteroatoms. The Kier molecular flexibility index (Phi) is 13.1. The summed E-state index contributed by atoms with van der Waals surface area (Å²) in [6, 6.07) is 0. The number of hydrogen-bond acceptors (Lipinski definition) is 4. The molecule has 4 nitrogen and oxygen atoms in total. The molecule has 0 fully saturated rings. The van der Waals surface area contributed by atoms with Crippen LogP contribution in [0.25, 0.3) is 0 Å². The van der Waals surface area contributed by atoms with Gasteiger partial charge in [-0.05, 0) is 81.3 Å². The summed E-state index contributed by atoms with van der Waals surface area (Å²) < 4.78 is 11.3. The van der Waals surface area contributed by atoms with Crippen LogP contribution in [-0.2, 0) is 19.1 Å². The SMILES string of the molecule is CC(=O)OCC1C(C)=CC(/C=C(C)/C=C/C2=C(C)CCCC2(C)C)C(C)(/C=C/C=C/C=C/C2=CCCCC2(C)C)C1COC(C)=O. The second-order valence-electron chi connectivity index (χ2n) is 15.3. The molecule has 3 rings (SSSR count). The summed E-state index contributed by atoms with van der Waals surface area (Å²) in [5, 5.41) is 0. The quantitative estimate of drug-likeness (QED) is 0.130. The highest BCUT2D eigenvalue weighted by Gasteiger charge is 2.46. The van der Waals surface area contributed by atoms with Gasteiger partial charge in [-0.1, -0.05) is 118 Å². The van der Waals surface area contributed by atoms with E-state index in [9.17, 15) is 9.59 Å². The zero-order valence-electron chi connectivity index (χ0n) is 30.4. The van der Waals surface area contributed by atoms with Crippen molar-refractivity contribution < 1.29 is 19.1 Å². The molecule has 0 N–H and O–H groups in total. The van der Waals surface area contributed by atoms with E-state index in [0.717, 1.165) is 12.0 Å². The molecule has 252 valence electrons. The van der Waals surface area contributed by atoms with E-state index in [4.69, 9.17) is 9.47 Å². The average Bonchev–Trinajstić information content (AvgIpc) is 2.95. The van der Waals surface area contributed by atoms with E-state index < -0.39 is 5.41 Å². The van der Waals surface area contributed by atoms with Crippen LogP contribution < -0.4 is 0 Å². The Morgan fingerprint density at radius 1 is 0.848 bits per heavy atom. The van der Waals surface area contributed by atoms with Crippen LogP contribution in [0.4, 0.5) is 0 Å². The first-order valence-corrected chi connectivity index (χ1v) is 17.3. The van der Waals surface area contributed by atoms with Crippen molar-refractivity contribution in [1.29, 1.82) is 0 Å². The lowest BCUT2D eigenvalue weighted by atomic mass is 9.58. The lowest BCUT2D eigenvalue weighted by Crippen LogP contribution is -2.45. The molecule has 0 saturated carbocycles. The van der Waals surface area contributed by atoms with E-state index in [0.29, 0.717) is 0 Å². The molecule has 0 radical (unpaired) electrons. The summed E-state index contributed by atoms with van der Waals surface area (Å²) in [7, 11) is 0. The number of allylic oxidation sites excluding steroid dienone is 15. The largest absolute Gasteiger partial charge is 0.466 e. The van der Waals surface area contributed by atoms with Crippen LogP contribution in [0.5, 0.6) is 0 Å². The van der Waals surface area contributed by atoms with Crippen LogP contribution in [0.3, 0.4) is 0 Å². The van der Waals surface area contributed by atoms with Crippen LogP contribution >= 0.6 is 0 Å². The number of esters is 2. The van der Waals surface area contributed by atoms with E-state index in [-0.39, 0.29) is 53.7 Å². The number of carbonyl (C=O) groups is 2. The zero-order valence-corrected chi connectivity index (χ0v) is 30.4. The van der Waals surface area contributed by atoms with Crippen LogP contribution in [-0.4, -0.2) is 25.2 Å². The minimum absolute atomic E-state index is 0.0501. The van der Waals surface area contributed by atoms with Crippen molar-refractivity contribution in [2.75, 3.05) is 13.2 Å². The van der Waals surface area contributed by atoms with Gasteiger partial charge < -0.3 is 9.47 Å². The first-order chi connectivity index (χ1) is 21.6. The summed E-state index contributed by atoms with van der Waals surface area (Å²) in [5.74, 6) is -0.720. The summed E-state index contributed by atoms with van der Waals surface area (Å²) in [6.07, 6.45) is 31.8. The monoisotopic (exact) mass is 628 g/mol. The molecule has 0 bridgehead atoms. The predicted molar refractivity (Wildman–Crippen MR) is 192 cm³/mol. The van der Waals surface area contributed by atoms with Crippen molar-refractivity contribution in [2.24, 2.45) is 34.0 Å². The van der Waals surface area contributed by atoms with Crippen LogP contribution in [0, 0.1) is 34.0 Å². The Balaban J connectivity index is 2.00. The fraction of sp³-hybridized carbons (Fsp3) is 0.571. The zero-order chi connectivity index (χ0) is 34.1. The van der Waals surface area contributed by atoms with Gasteiger partial charge in [0.1, 0.15) is 0 Å². The van der Waals surface area contributed by atoms with Gasteiger partial charge in [0, 0.05) is 37.0 Å². The van der Waals surface area contributed by atoms with Gasteiger partial charge in [0.15, 0.2) is 0 Å². The molecule has 46 heavy (non-hydrogen) atoms. The smallest absolute Gasteiger partial charge is 0.302 e. The van der Waals surface area contributed by atoms with Crippen molar-refractivity contribution in [3.05, 3.63) is 94.7 Å². The van der Waals surface area contributed by atoms with E-state index in [2.05, 4.69) is 122 Å². The predicted octanol–water partition coefficient (Wildman–Crippen LogP) is 10.8. The Morgan fingerprint density at radius 2 is 1.50 bits per heavy atom. The number of carbonyl (C=O) groups excluding carboxylic acids is 2. The second kappa shape index (κ2) is 16.1. The lowest BCUT2D eigenvalue weighted by molar-refractivity contribution is -0.148. The second-order valence-corrected chi connectivity index (χ2v) is 15.3. The highest BCUT2D eigenvalue weighted by atomic mass is 16.5. The Hall–Kier alpha value is -3.14. The first-order valence-electron chi connectivity index (χ1n) is 17.3. The van der Waals surface area contributed by atoms with Gasteiger partial charge in [0.05, 0.1) is 13.2 Å². The third-order valence-corrected chi connectivity index (χ3v) is 10.7. The summed E-state index contributed by atoms with van der Waals surface area (Å²) in [5.41, 5.74) is 6.67. The standard InChI is InChI=1S/C42H60O4/c1-30(21-22-38-31(2)18-17-24-41(38,8)9)26-36-27-32(3)37(28-45-33(4)43)39(29-46-34(5)44)42(36,10)25-15-12-11-13-19-35-20-14-16-23-40(35,6)7/h11-13,15,19-22,25-27,36-37,39H,14,16-18,23-24,28-29H2,1-10H3/b12-11+,19-13+,22-21+,25-15+,30-26+. The molecular formula is C42H60O4. The fourth-order valence-electron chi connectivity index (χ4n) is 7.63. The van der Waals surface area contributed by atoms with E-state index in [1.165, 1.54) is 68.2 Å². The van der Waals surface area contributed by atoms with Crippen molar-refractivity contribution >= 4 is 11.9 Å². The minimum Gasteiger partial charge on any atom is -0.466 e. The highest BCUT2D eigenvalue weighted by molar-refractivity contribution is 5.66. The fourth-order valence-corrected chi connectivity index (χ4v) is 7.63. The molecule has 0 aromatic heterocycles. The highest BCUT2D eigenvalue weighted by Crippen LogP contribution is 2.50. The van der Waals surface area contributed by atoms with Gasteiger partial charge in [0.2, 0.25) is 0 Å². The molecular weight excluding hydrogens is 568 g/mol. The molecule has 0 heterocycles. The molecule has 0 amide bonds. The molecule has 3 aliphatic rings. The van der Waals surface area contributed by atoms with Gasteiger partial charge in [-0.2, -0.15) is 0 Å². The maximum absolute atomic E-state index is 12.0. The third-order valence-electron chi connectivity index (χ3n) is 10.7. The van der Waals surface area contributed by atoms with Gasteiger partial charge in [-0.25, -0.2) is 0 Å². The van der Waals surface area contributed by atoms with Gasteiger partial charge >= 0.3 is 11.9 Å². The van der Waals surface area contributed by atoms with Crippen molar-refractivity contribution in [1.82, 2.24) is 0 Å². The number of hydrogen-bond donors (Lipinski definition) is 0. The van der Waals surface area contributed by atoms with Crippen molar-refractivity contribution in [2.45, 2.75) is 108 Å². The maximum atomic E-state index is 12.0. The Bertz CT molecular complexity index is 1360. The molecule has 0 aromatic rings. The van der Waals surface area contributed by atoms with Crippen molar-refractivity contribution in [3.63, 3.8) is 0 Å². The summed E-state index contributed by atoms with van der Waals surface area (Å²) >= 11 is 0. The molecule has 4 atom stereocenters. The topological polar surface area (TPSA) is 52.6 Å². The van der Waals surface area contributed by atoms with Gasteiger partial charge in [-0.3, -0.25) is 9.59 Å². The molecule has 0 aliphatic heterocycles. The number of rotatable bonds is 11. The normalized spacial score (nSPS) is 28.7. The first kappa shape index (κ1) is 37.3. The molecule has 4 unspecified atom stereocenters. The minimum atomic E-state index is -0.407. The van der Waals surface area contributed by atoms with E-state index in [1.807, 2.05) is 0 Å². The van der Waals surface area contributed by atoms with E-state index >= 15 is 0 Å². The Morgan fingerprint density at radius 3 is 2.15 bits per heavy atom. The van der Waals surface area contributed by atoms with Crippen LogP contribution in [0.15, 0.2) is 94.7 Å². The Labute approximate surface area is 280 Å². The third kappa shape index (κ3) is 9.93. The summed E-state index contributed by atoms with van der Waals surface area (Å²) in [4.78, 5) is 23.9. The van der Waals surface area contributed by atoms with Gasteiger partial charge in [0.25, 0.3) is 0 Å². The van der Waals surface area contributed by atoms with E-state index in [1.54, 1.807) is 0 Å². The molecule has 3 aliphatic carbocycles. The summed E-state index contributed by atoms with van der Waals surface area (Å²) in [6.45, 7) is 21.5. The lowest BCUT2D eigenvalue weighted by Gasteiger charge is -2.47. The van der Waals surface area contributed by atoms with Crippen LogP contribution in [0.1, 0.15) is 108 Å². The average molecular weight is 629 g/mol. The molecule has 0 saturated heterocycles.